The molecule has 5 nitrogen and oxygen atoms in total. The first-order valence-corrected chi connectivity index (χ1v) is 7.75. The Morgan fingerprint density at radius 1 is 1.52 bits per heavy atom. The van der Waals surface area contributed by atoms with Crippen LogP contribution in [0.5, 0.6) is 0 Å². The number of amides is 1. The molecule has 0 aromatic carbocycles. The Bertz CT molecular complexity index is 476. The van der Waals surface area contributed by atoms with Crippen LogP contribution in [0.4, 0.5) is 4.79 Å². The number of H-pyrrole nitrogens is 1. The van der Waals surface area contributed by atoms with Crippen molar-refractivity contribution in [1.82, 2.24) is 15.5 Å². The summed E-state index contributed by atoms with van der Waals surface area (Å²) in [7, 11) is 0. The highest BCUT2D eigenvalue weighted by atomic mass is 16.6. The highest BCUT2D eigenvalue weighted by Gasteiger charge is 2.53. The van der Waals surface area contributed by atoms with Crippen molar-refractivity contribution in [2.45, 2.75) is 65.5 Å². The van der Waals surface area contributed by atoms with Gasteiger partial charge < -0.3 is 10.1 Å². The van der Waals surface area contributed by atoms with Gasteiger partial charge in [0, 0.05) is 18.2 Å². The zero-order chi connectivity index (χ0) is 15.7. The van der Waals surface area contributed by atoms with Crippen molar-refractivity contribution in [3.05, 3.63) is 18.0 Å². The van der Waals surface area contributed by atoms with Crippen molar-refractivity contribution in [3.63, 3.8) is 0 Å². The second-order valence-electron chi connectivity index (χ2n) is 7.35. The number of hydrogen-bond acceptors (Lipinski definition) is 3. The van der Waals surface area contributed by atoms with Crippen molar-refractivity contribution in [2.24, 2.45) is 11.3 Å². The molecule has 1 heterocycles. The molecule has 0 aliphatic heterocycles. The zero-order valence-corrected chi connectivity index (χ0v) is 13.7. The van der Waals surface area contributed by atoms with Gasteiger partial charge in [-0.15, -0.1) is 0 Å². The fraction of sp³-hybridized carbons (Fsp3) is 0.750. The van der Waals surface area contributed by atoms with Crippen molar-refractivity contribution in [3.8, 4) is 0 Å². The van der Waals surface area contributed by atoms with E-state index in [1.165, 1.54) is 0 Å². The fourth-order valence-electron chi connectivity index (χ4n) is 3.52. The van der Waals surface area contributed by atoms with Gasteiger partial charge in [0.25, 0.3) is 0 Å². The lowest BCUT2D eigenvalue weighted by atomic mass is 9.71. The molecule has 2 rings (SSSR count). The minimum atomic E-state index is -0.628. The van der Waals surface area contributed by atoms with Gasteiger partial charge in [0.15, 0.2) is 5.60 Å². The van der Waals surface area contributed by atoms with Crippen molar-refractivity contribution < 1.29 is 9.53 Å². The summed E-state index contributed by atoms with van der Waals surface area (Å²) >= 11 is 0. The van der Waals surface area contributed by atoms with E-state index in [1.54, 1.807) is 6.20 Å². The SMILES string of the molecule is CC(C)NC(=O)OC1(c2cc[nH]n2)CCCC1C(C)(C)C. The molecule has 1 fully saturated rings. The van der Waals surface area contributed by atoms with Gasteiger partial charge in [0.2, 0.25) is 0 Å². The molecule has 118 valence electrons. The number of aromatic nitrogens is 2. The predicted octanol–water partition coefficient (Wildman–Crippen LogP) is 3.59. The number of hydrogen-bond donors (Lipinski definition) is 2. The summed E-state index contributed by atoms with van der Waals surface area (Å²) in [6.07, 6.45) is 4.35. The predicted molar refractivity (Wildman–Crippen MR) is 81.8 cm³/mol. The molecule has 0 radical (unpaired) electrons. The van der Waals surface area contributed by atoms with E-state index in [-0.39, 0.29) is 23.5 Å². The Labute approximate surface area is 126 Å². The van der Waals surface area contributed by atoms with E-state index in [4.69, 9.17) is 4.74 Å². The summed E-state index contributed by atoms with van der Waals surface area (Å²) in [5.41, 5.74) is 0.254. The molecule has 1 aliphatic rings. The summed E-state index contributed by atoms with van der Waals surface area (Å²) in [5.74, 6) is 0.256. The third-order valence-corrected chi connectivity index (χ3v) is 4.26. The minimum Gasteiger partial charge on any atom is -0.436 e. The highest BCUT2D eigenvalue weighted by Crippen LogP contribution is 2.53. The molecule has 1 saturated carbocycles. The summed E-state index contributed by atoms with van der Waals surface area (Å²) in [5, 5.41) is 10.0. The standard InChI is InChI=1S/C16H27N3O2/c1-11(2)18-14(20)21-16(13-8-10-17-19-13)9-6-7-12(16)15(3,4)5/h8,10-12H,6-7,9H2,1-5H3,(H,17,19)(H,18,20). The molecule has 0 bridgehead atoms. The van der Waals surface area contributed by atoms with Crippen LogP contribution in [-0.2, 0) is 10.3 Å². The first-order chi connectivity index (χ1) is 9.75. The van der Waals surface area contributed by atoms with Crippen LogP contribution in [0.1, 0.15) is 59.6 Å². The minimum absolute atomic E-state index is 0.0492. The van der Waals surface area contributed by atoms with Crippen molar-refractivity contribution >= 4 is 6.09 Å². The molecule has 0 saturated heterocycles. The quantitative estimate of drug-likeness (QED) is 0.895. The van der Waals surface area contributed by atoms with Crippen LogP contribution in [0.2, 0.25) is 0 Å². The molecule has 2 atom stereocenters. The monoisotopic (exact) mass is 293 g/mol. The Hall–Kier alpha value is -1.52. The first kappa shape index (κ1) is 15.9. The molecule has 1 aromatic rings. The molecule has 2 unspecified atom stereocenters. The van der Waals surface area contributed by atoms with E-state index in [1.807, 2.05) is 19.9 Å². The summed E-state index contributed by atoms with van der Waals surface area (Å²) < 4.78 is 5.96. The van der Waals surface area contributed by atoms with Crippen molar-refractivity contribution in [1.29, 1.82) is 0 Å². The lowest BCUT2D eigenvalue weighted by molar-refractivity contribution is -0.0608. The van der Waals surface area contributed by atoms with Gasteiger partial charge in [-0.1, -0.05) is 20.8 Å². The third kappa shape index (κ3) is 3.22. The Morgan fingerprint density at radius 2 is 2.24 bits per heavy atom. The molecule has 5 heteroatoms. The van der Waals surface area contributed by atoms with E-state index in [0.29, 0.717) is 0 Å². The maximum Gasteiger partial charge on any atom is 0.408 e. The lowest BCUT2D eigenvalue weighted by Crippen LogP contribution is -2.45. The van der Waals surface area contributed by atoms with E-state index in [2.05, 4.69) is 36.3 Å². The topological polar surface area (TPSA) is 67.0 Å². The van der Waals surface area contributed by atoms with Crippen LogP contribution < -0.4 is 5.32 Å². The largest absolute Gasteiger partial charge is 0.436 e. The average Bonchev–Trinajstić information content (AvgIpc) is 2.93. The average molecular weight is 293 g/mol. The summed E-state index contributed by atoms with van der Waals surface area (Å²) in [6, 6.07) is 1.98. The normalized spacial score (nSPS) is 26.1. The second kappa shape index (κ2) is 5.70. The molecule has 1 amide bonds. The second-order valence-corrected chi connectivity index (χ2v) is 7.35. The van der Waals surface area contributed by atoms with Gasteiger partial charge >= 0.3 is 6.09 Å². The van der Waals surface area contributed by atoms with Crippen LogP contribution in [0, 0.1) is 11.3 Å². The number of aromatic amines is 1. The van der Waals surface area contributed by atoms with Crippen LogP contribution in [0.15, 0.2) is 12.3 Å². The fourth-order valence-corrected chi connectivity index (χ4v) is 3.52. The number of rotatable bonds is 3. The number of nitrogens with zero attached hydrogens (tertiary/aromatic N) is 1. The molecule has 1 aromatic heterocycles. The summed E-state index contributed by atoms with van der Waals surface area (Å²) in [4.78, 5) is 12.2. The van der Waals surface area contributed by atoms with E-state index in [9.17, 15) is 4.79 Å². The highest BCUT2D eigenvalue weighted by molar-refractivity contribution is 5.68. The van der Waals surface area contributed by atoms with Crippen molar-refractivity contribution in [2.75, 3.05) is 0 Å². The summed E-state index contributed by atoms with van der Waals surface area (Å²) in [6.45, 7) is 10.5. The Morgan fingerprint density at radius 3 is 2.76 bits per heavy atom. The van der Waals surface area contributed by atoms with E-state index in [0.717, 1.165) is 25.0 Å². The van der Waals surface area contributed by atoms with Gasteiger partial charge in [-0.25, -0.2) is 4.79 Å². The van der Waals surface area contributed by atoms with E-state index >= 15 is 0 Å². The van der Waals surface area contributed by atoms with Crippen LogP contribution in [0.3, 0.4) is 0 Å². The molecular formula is C16H27N3O2. The van der Waals surface area contributed by atoms with Gasteiger partial charge in [0.1, 0.15) is 5.69 Å². The zero-order valence-electron chi connectivity index (χ0n) is 13.7. The molecule has 1 aliphatic carbocycles. The molecule has 0 spiro atoms. The smallest absolute Gasteiger partial charge is 0.408 e. The molecule has 21 heavy (non-hydrogen) atoms. The first-order valence-electron chi connectivity index (χ1n) is 7.75. The molecular weight excluding hydrogens is 266 g/mol. The number of carbonyl (C=O) groups excluding carboxylic acids is 1. The number of ether oxygens (including phenoxy) is 1. The molecule has 2 N–H and O–H groups in total. The number of nitrogens with one attached hydrogen (secondary N) is 2. The van der Waals surface area contributed by atoms with E-state index < -0.39 is 5.60 Å². The Kier molecular flexibility index (Phi) is 4.30. The third-order valence-electron chi connectivity index (χ3n) is 4.26. The van der Waals surface area contributed by atoms with Crippen LogP contribution in [0.25, 0.3) is 0 Å². The Balaban J connectivity index is 2.34. The van der Waals surface area contributed by atoms with Gasteiger partial charge in [-0.3, -0.25) is 5.10 Å². The lowest BCUT2D eigenvalue weighted by Gasteiger charge is -2.41. The number of alkyl carbamates (subject to hydrolysis) is 1. The van der Waals surface area contributed by atoms with Gasteiger partial charge in [-0.2, -0.15) is 5.10 Å². The number of carbonyl (C=O) groups is 1. The maximum atomic E-state index is 12.2. The van der Waals surface area contributed by atoms with Crippen LogP contribution >= 0.6 is 0 Å². The van der Waals surface area contributed by atoms with Gasteiger partial charge in [0.05, 0.1) is 0 Å². The van der Waals surface area contributed by atoms with Gasteiger partial charge in [-0.05, 0) is 44.6 Å². The maximum absolute atomic E-state index is 12.2. The van der Waals surface area contributed by atoms with Crippen LogP contribution in [-0.4, -0.2) is 22.3 Å².